The summed E-state index contributed by atoms with van der Waals surface area (Å²) in [7, 11) is 0. The third-order valence-electron chi connectivity index (χ3n) is 4.91. The highest BCUT2D eigenvalue weighted by atomic mass is 35.5. The number of nitrogens with one attached hydrogen (secondary N) is 1. The smallest absolute Gasteiger partial charge is 0.274 e. The van der Waals surface area contributed by atoms with Crippen LogP contribution in [0.1, 0.15) is 29.4 Å². The number of nitrogens with zero attached hydrogens (tertiary/aromatic N) is 2. The van der Waals surface area contributed by atoms with Crippen LogP contribution in [-0.2, 0) is 10.3 Å². The van der Waals surface area contributed by atoms with Crippen molar-refractivity contribution in [2.24, 2.45) is 10.7 Å². The number of rotatable bonds is 3. The molecule has 3 heterocycles. The molecule has 0 aliphatic carbocycles. The average molecular weight is 433 g/mol. The molecule has 150 valence electrons. The third-order valence-corrected chi connectivity index (χ3v) is 6.14. The molecule has 1 aromatic carbocycles. The van der Waals surface area contributed by atoms with Crippen molar-refractivity contribution in [1.82, 2.24) is 4.98 Å². The van der Waals surface area contributed by atoms with Crippen molar-refractivity contribution in [3.8, 4) is 0 Å². The molecule has 3 N–H and O–H groups in total. The fourth-order valence-corrected chi connectivity index (χ4v) is 4.59. The fraction of sp³-hybridized carbons (Fsp3) is 0.250. The molecule has 29 heavy (non-hydrogen) atoms. The lowest BCUT2D eigenvalue weighted by Gasteiger charge is -2.37. The van der Waals surface area contributed by atoms with Gasteiger partial charge in [0.25, 0.3) is 5.91 Å². The highest BCUT2D eigenvalue weighted by Crippen LogP contribution is 2.46. The highest BCUT2D eigenvalue weighted by Gasteiger charge is 2.40. The van der Waals surface area contributed by atoms with Crippen molar-refractivity contribution in [1.29, 1.82) is 0 Å². The summed E-state index contributed by atoms with van der Waals surface area (Å²) >= 11 is 7.21. The van der Waals surface area contributed by atoms with Crippen LogP contribution in [0.2, 0.25) is 5.02 Å². The molecule has 0 unspecified atom stereocenters. The summed E-state index contributed by atoms with van der Waals surface area (Å²) in [4.78, 5) is 22.1. The van der Waals surface area contributed by atoms with E-state index in [2.05, 4.69) is 15.3 Å². The normalized spacial score (nSPS) is 21.4. The van der Waals surface area contributed by atoms with Crippen molar-refractivity contribution in [2.45, 2.75) is 18.9 Å². The monoisotopic (exact) mass is 432 g/mol. The zero-order valence-corrected chi connectivity index (χ0v) is 17.1. The van der Waals surface area contributed by atoms with Gasteiger partial charge in [-0.3, -0.25) is 4.79 Å². The summed E-state index contributed by atoms with van der Waals surface area (Å²) in [6, 6.07) is 7.48. The highest BCUT2D eigenvalue weighted by molar-refractivity contribution is 8.17. The second-order valence-corrected chi connectivity index (χ2v) is 8.39. The second-order valence-electron chi connectivity index (χ2n) is 6.84. The Bertz CT molecular complexity index is 1040. The first-order chi connectivity index (χ1) is 13.9. The number of carbonyl (C=O) groups excluding carboxylic acids is 1. The first kappa shape index (κ1) is 19.9. The van der Waals surface area contributed by atoms with Gasteiger partial charge in [-0.15, -0.1) is 0 Å². The molecule has 0 radical (unpaired) electrons. The van der Waals surface area contributed by atoms with Crippen molar-refractivity contribution in [3.05, 3.63) is 69.1 Å². The predicted octanol–water partition coefficient (Wildman–Crippen LogP) is 4.08. The minimum absolute atomic E-state index is 0.202. The Kier molecular flexibility index (Phi) is 5.33. The Morgan fingerprint density at radius 2 is 2.21 bits per heavy atom. The molecule has 1 aromatic heterocycles. The van der Waals surface area contributed by atoms with Crippen molar-refractivity contribution < 1.29 is 13.9 Å². The molecule has 2 aliphatic rings. The Hall–Kier alpha value is -2.42. The maximum absolute atomic E-state index is 14.9. The lowest BCUT2D eigenvalue weighted by molar-refractivity contribution is 0.102. The average Bonchev–Trinajstić information content (AvgIpc) is 2.69. The van der Waals surface area contributed by atoms with E-state index in [0.717, 1.165) is 10.5 Å². The maximum Gasteiger partial charge on any atom is 0.274 e. The van der Waals surface area contributed by atoms with Crippen LogP contribution in [-0.4, -0.2) is 29.3 Å². The molecule has 1 atom stereocenters. The van der Waals surface area contributed by atoms with E-state index in [1.54, 1.807) is 12.1 Å². The van der Waals surface area contributed by atoms with Crippen molar-refractivity contribution in [3.63, 3.8) is 0 Å². The largest absolute Gasteiger partial charge is 0.378 e. The summed E-state index contributed by atoms with van der Waals surface area (Å²) in [5.41, 5.74) is 6.87. The molecule has 0 saturated carbocycles. The first-order valence-electron chi connectivity index (χ1n) is 8.93. The van der Waals surface area contributed by atoms with Crippen LogP contribution in [0.15, 0.2) is 52.0 Å². The van der Waals surface area contributed by atoms with E-state index in [-0.39, 0.29) is 5.69 Å². The summed E-state index contributed by atoms with van der Waals surface area (Å²) in [5, 5.41) is 3.56. The van der Waals surface area contributed by atoms with Gasteiger partial charge in [-0.2, -0.15) is 0 Å². The van der Waals surface area contributed by atoms with Crippen LogP contribution in [0.5, 0.6) is 0 Å². The van der Waals surface area contributed by atoms with Crippen molar-refractivity contribution >= 4 is 40.1 Å². The number of thioether (sulfide) groups is 1. The summed E-state index contributed by atoms with van der Waals surface area (Å²) in [6.45, 7) is 2.77. The number of aliphatic imine (C=N–C) groups is 1. The van der Waals surface area contributed by atoms with Crippen LogP contribution >= 0.6 is 23.4 Å². The van der Waals surface area contributed by atoms with E-state index >= 15 is 0 Å². The number of halogens is 2. The molecule has 6 nitrogen and oxygen atoms in total. The molecular weight excluding hydrogens is 415 g/mol. The number of amidine groups is 1. The number of hydrogen-bond acceptors (Lipinski definition) is 6. The van der Waals surface area contributed by atoms with E-state index in [9.17, 15) is 9.18 Å². The van der Waals surface area contributed by atoms with Gasteiger partial charge in [0.2, 0.25) is 0 Å². The Balaban J connectivity index is 1.69. The number of hydrogen-bond donors (Lipinski definition) is 2. The zero-order chi connectivity index (χ0) is 20.6. The minimum Gasteiger partial charge on any atom is -0.378 e. The van der Waals surface area contributed by atoms with Crippen molar-refractivity contribution in [2.75, 3.05) is 18.5 Å². The molecule has 0 spiro atoms. The van der Waals surface area contributed by atoms with Crippen LogP contribution in [0.3, 0.4) is 0 Å². The van der Waals surface area contributed by atoms with E-state index in [1.165, 1.54) is 36.2 Å². The Morgan fingerprint density at radius 3 is 2.97 bits per heavy atom. The molecule has 0 saturated heterocycles. The van der Waals surface area contributed by atoms with Gasteiger partial charge in [0.05, 0.1) is 18.2 Å². The van der Waals surface area contributed by atoms with E-state index < -0.39 is 17.3 Å². The standard InChI is InChI=1S/C20H18ClFN4O2S/c1-20(14-10-28-7-6-17(14)29-19(23)26-20)13-8-12(3-4-15(13)22)25-18(27)16-5-2-11(21)9-24-16/h2-5,8-9H,6-7,10H2,1H3,(H2,23,26)(H,25,27)/t20-/m1/s1. The maximum atomic E-state index is 14.9. The minimum atomic E-state index is -1.01. The van der Waals surface area contributed by atoms with Gasteiger partial charge < -0.3 is 15.8 Å². The third kappa shape index (κ3) is 3.88. The molecule has 4 rings (SSSR count). The Labute approximate surface area is 176 Å². The molecule has 9 heteroatoms. The zero-order valence-electron chi connectivity index (χ0n) is 15.5. The summed E-state index contributed by atoms with van der Waals surface area (Å²) < 4.78 is 20.5. The van der Waals surface area contributed by atoms with Crippen LogP contribution in [0.4, 0.5) is 10.1 Å². The quantitative estimate of drug-likeness (QED) is 0.762. The molecular formula is C20H18ClFN4O2S. The van der Waals surface area contributed by atoms with Crippen LogP contribution in [0.25, 0.3) is 0 Å². The number of benzene rings is 1. The van der Waals surface area contributed by atoms with E-state index in [4.69, 9.17) is 22.1 Å². The molecule has 0 bridgehead atoms. The number of nitrogens with two attached hydrogens (primary N) is 1. The topological polar surface area (TPSA) is 89.6 Å². The SMILES string of the molecule is C[C@]1(c2cc(NC(=O)c3ccc(Cl)cn3)ccc2F)N=C(N)SC2=C1COCC2. The first-order valence-corrected chi connectivity index (χ1v) is 10.1. The van der Waals surface area contributed by atoms with Gasteiger partial charge in [0.15, 0.2) is 5.17 Å². The van der Waals surface area contributed by atoms with Crippen LogP contribution < -0.4 is 11.1 Å². The summed E-state index contributed by atoms with van der Waals surface area (Å²) in [6.07, 6.45) is 2.11. The number of anilines is 1. The number of carbonyl (C=O) groups is 1. The van der Waals surface area contributed by atoms with Crippen LogP contribution in [0, 0.1) is 5.82 Å². The molecule has 1 amide bonds. The predicted molar refractivity (Wildman–Crippen MR) is 113 cm³/mol. The molecule has 2 aromatic rings. The van der Waals surface area contributed by atoms with Gasteiger partial charge in [-0.1, -0.05) is 23.4 Å². The van der Waals surface area contributed by atoms with Gasteiger partial charge >= 0.3 is 0 Å². The fourth-order valence-electron chi connectivity index (χ4n) is 3.44. The molecule has 2 aliphatic heterocycles. The van der Waals surface area contributed by atoms with Gasteiger partial charge in [0.1, 0.15) is 17.1 Å². The van der Waals surface area contributed by atoms with E-state index in [0.29, 0.717) is 41.1 Å². The second kappa shape index (κ2) is 7.78. The molecule has 0 fully saturated rings. The number of ether oxygens (including phenoxy) is 1. The lowest BCUT2D eigenvalue weighted by Crippen LogP contribution is -2.35. The summed E-state index contributed by atoms with van der Waals surface area (Å²) in [5.74, 6) is -0.858. The number of aromatic nitrogens is 1. The lowest BCUT2D eigenvalue weighted by atomic mass is 9.83. The van der Waals surface area contributed by atoms with Gasteiger partial charge in [-0.05, 0) is 47.7 Å². The van der Waals surface area contributed by atoms with E-state index in [1.807, 2.05) is 6.92 Å². The number of pyridine rings is 1. The van der Waals surface area contributed by atoms with Gasteiger partial charge in [0, 0.05) is 23.9 Å². The number of amides is 1. The van der Waals surface area contributed by atoms with Gasteiger partial charge in [-0.25, -0.2) is 14.4 Å². The Morgan fingerprint density at radius 1 is 1.38 bits per heavy atom.